The summed E-state index contributed by atoms with van der Waals surface area (Å²) in [7, 11) is -4.53. The number of benzene rings is 2. The van der Waals surface area contributed by atoms with Crippen molar-refractivity contribution < 1.29 is 40.8 Å². The molecule has 41 heavy (non-hydrogen) atoms. The van der Waals surface area contributed by atoms with Crippen LogP contribution in [0.3, 0.4) is 0 Å². The van der Waals surface area contributed by atoms with E-state index in [1.54, 1.807) is 18.2 Å². The van der Waals surface area contributed by atoms with Crippen LogP contribution in [0, 0.1) is 11.3 Å². The van der Waals surface area contributed by atoms with Crippen molar-refractivity contribution in [3.05, 3.63) is 65.5 Å². The average molecular weight is 593 g/mol. The highest BCUT2D eigenvalue weighted by Gasteiger charge is 2.31. The van der Waals surface area contributed by atoms with Gasteiger partial charge in [-0.2, -0.15) is 26.9 Å². The highest BCUT2D eigenvalue weighted by atomic mass is 32.2. The molecule has 1 aliphatic rings. The molecular weight excluding hydrogens is 565 g/mol. The first kappa shape index (κ1) is 30.0. The van der Waals surface area contributed by atoms with E-state index in [9.17, 15) is 41.9 Å². The zero-order chi connectivity index (χ0) is 29.8. The highest BCUT2D eigenvalue weighted by Crippen LogP contribution is 2.30. The summed E-state index contributed by atoms with van der Waals surface area (Å²) < 4.78 is 67.7. The topological polar surface area (TPSA) is 155 Å². The van der Waals surface area contributed by atoms with Crippen LogP contribution in [0.1, 0.15) is 53.8 Å². The second-order valence-electron chi connectivity index (χ2n) is 9.55. The smallest absolute Gasteiger partial charge is 0.390 e. The van der Waals surface area contributed by atoms with Crippen molar-refractivity contribution in [1.82, 2.24) is 14.9 Å². The predicted octanol–water partition coefficient (Wildman–Crippen LogP) is 3.60. The van der Waals surface area contributed by atoms with Crippen LogP contribution in [-0.2, 0) is 16.7 Å². The normalized spacial score (nSPS) is 17.6. The van der Waals surface area contributed by atoms with Crippen LogP contribution < -0.4 is 9.50 Å². The Morgan fingerprint density at radius 1 is 1.17 bits per heavy atom. The molecule has 1 aliphatic carbocycles. The van der Waals surface area contributed by atoms with Gasteiger partial charge in [0.25, 0.3) is 5.91 Å². The lowest BCUT2D eigenvalue weighted by Gasteiger charge is -2.28. The molecule has 1 fully saturated rings. The Bertz CT molecular complexity index is 1550. The second-order valence-corrected chi connectivity index (χ2v) is 11.2. The van der Waals surface area contributed by atoms with Gasteiger partial charge < -0.3 is 19.7 Å². The summed E-state index contributed by atoms with van der Waals surface area (Å²) in [4.78, 5) is 17.8. The van der Waals surface area contributed by atoms with Crippen molar-refractivity contribution in [3.8, 4) is 28.9 Å². The molecule has 2 atom stereocenters. The Hall–Kier alpha value is -3.93. The third-order valence-corrected chi connectivity index (χ3v) is 7.74. The summed E-state index contributed by atoms with van der Waals surface area (Å²) in [6.45, 7) is -0.634. The van der Waals surface area contributed by atoms with E-state index in [4.69, 9.17) is 4.18 Å². The number of hydrogen-bond donors (Lipinski definition) is 3. The van der Waals surface area contributed by atoms with Gasteiger partial charge in [0.2, 0.25) is 0 Å². The van der Waals surface area contributed by atoms with Crippen molar-refractivity contribution in [2.75, 3.05) is 5.75 Å². The number of rotatable bonds is 9. The van der Waals surface area contributed by atoms with Gasteiger partial charge >= 0.3 is 16.3 Å². The maximum absolute atomic E-state index is 13.3. The molecule has 1 heterocycles. The number of aliphatic hydroxyl groups is 2. The standard InChI is InChI=1S/C27H27F3N4O6S/c28-27(29,30)12-13-41(38,39)40-20-10-8-19(9-11-20)34-22(16-35)24(26(37)32-21-6-1-2-7-23(21)36)33-25(34)18-5-3-4-17(14-18)15-31/h3-5,8-11,14,21,23,35-36H,1-2,6-7,12-13,16H2,(H,32,37). The maximum atomic E-state index is 13.3. The molecule has 14 heteroatoms. The number of nitrogens with zero attached hydrogens (tertiary/aromatic N) is 3. The summed E-state index contributed by atoms with van der Waals surface area (Å²) >= 11 is 0. The van der Waals surface area contributed by atoms with E-state index in [1.165, 1.54) is 34.9 Å². The molecule has 1 amide bonds. The third kappa shape index (κ3) is 7.43. The van der Waals surface area contributed by atoms with Gasteiger partial charge in [-0.3, -0.25) is 9.36 Å². The first-order chi connectivity index (χ1) is 19.4. The molecule has 0 saturated heterocycles. The number of hydrogen-bond acceptors (Lipinski definition) is 8. The number of alkyl halides is 3. The Balaban J connectivity index is 1.72. The van der Waals surface area contributed by atoms with Gasteiger partial charge in [0.1, 0.15) is 11.6 Å². The predicted molar refractivity (Wildman–Crippen MR) is 140 cm³/mol. The van der Waals surface area contributed by atoms with Gasteiger partial charge in [-0.05, 0) is 49.2 Å². The summed E-state index contributed by atoms with van der Waals surface area (Å²) in [5, 5.41) is 32.8. The quantitative estimate of drug-likeness (QED) is 0.319. The molecule has 4 rings (SSSR count). The fourth-order valence-electron chi connectivity index (χ4n) is 4.58. The molecule has 10 nitrogen and oxygen atoms in total. The van der Waals surface area contributed by atoms with Gasteiger partial charge in [0.15, 0.2) is 5.69 Å². The van der Waals surface area contributed by atoms with Crippen LogP contribution in [0.5, 0.6) is 5.75 Å². The molecule has 1 aromatic heterocycles. The Morgan fingerprint density at radius 2 is 1.88 bits per heavy atom. The highest BCUT2D eigenvalue weighted by molar-refractivity contribution is 7.87. The van der Waals surface area contributed by atoms with E-state index in [0.717, 1.165) is 12.8 Å². The first-order valence-electron chi connectivity index (χ1n) is 12.7. The number of halogens is 3. The average Bonchev–Trinajstić information content (AvgIpc) is 3.33. The molecule has 0 radical (unpaired) electrons. The van der Waals surface area contributed by atoms with Crippen LogP contribution in [0.15, 0.2) is 48.5 Å². The summed E-state index contributed by atoms with van der Waals surface area (Å²) in [5.41, 5.74) is 1.03. The SMILES string of the molecule is N#Cc1cccc(-c2nc(C(=O)NC3CCCCC3O)c(CO)n2-c2ccc(OS(=O)(=O)CCC(F)(F)F)cc2)c1. The van der Waals surface area contributed by atoms with Gasteiger partial charge in [-0.1, -0.05) is 25.0 Å². The lowest BCUT2D eigenvalue weighted by molar-refractivity contribution is -0.130. The molecule has 2 unspecified atom stereocenters. The van der Waals surface area contributed by atoms with E-state index >= 15 is 0 Å². The summed E-state index contributed by atoms with van der Waals surface area (Å²) in [6.07, 6.45) is -4.16. The fraction of sp³-hybridized carbons (Fsp3) is 0.370. The Kier molecular flexibility index (Phi) is 9.01. The Morgan fingerprint density at radius 3 is 2.51 bits per heavy atom. The Labute approximate surface area is 234 Å². The zero-order valence-electron chi connectivity index (χ0n) is 21.6. The monoisotopic (exact) mass is 592 g/mol. The zero-order valence-corrected chi connectivity index (χ0v) is 22.5. The molecule has 1 saturated carbocycles. The largest absolute Gasteiger partial charge is 0.391 e. The van der Waals surface area contributed by atoms with Crippen LogP contribution in [0.2, 0.25) is 0 Å². The minimum absolute atomic E-state index is 0.0802. The molecule has 0 bridgehead atoms. The molecule has 3 aromatic rings. The van der Waals surface area contributed by atoms with Crippen molar-refractivity contribution in [1.29, 1.82) is 5.26 Å². The minimum atomic E-state index is -4.67. The van der Waals surface area contributed by atoms with Crippen molar-refractivity contribution >= 4 is 16.0 Å². The van der Waals surface area contributed by atoms with E-state index in [-0.39, 0.29) is 23.0 Å². The number of amides is 1. The molecule has 2 aromatic carbocycles. The van der Waals surface area contributed by atoms with E-state index < -0.39 is 53.1 Å². The van der Waals surface area contributed by atoms with Gasteiger partial charge in [-0.15, -0.1) is 0 Å². The number of aliphatic hydroxyl groups excluding tert-OH is 2. The molecule has 0 aliphatic heterocycles. The number of carbonyl (C=O) groups is 1. The van der Waals surface area contributed by atoms with Crippen LogP contribution in [0.4, 0.5) is 13.2 Å². The number of carbonyl (C=O) groups excluding carboxylic acids is 1. The lowest BCUT2D eigenvalue weighted by Crippen LogP contribution is -2.45. The summed E-state index contributed by atoms with van der Waals surface area (Å²) in [5.74, 6) is -1.92. The molecular formula is C27H27F3N4O6S. The van der Waals surface area contributed by atoms with Gasteiger partial charge in [0, 0.05) is 11.3 Å². The van der Waals surface area contributed by atoms with Crippen molar-refractivity contribution in [3.63, 3.8) is 0 Å². The van der Waals surface area contributed by atoms with Gasteiger partial charge in [-0.25, -0.2) is 4.98 Å². The van der Waals surface area contributed by atoms with Crippen molar-refractivity contribution in [2.45, 2.75) is 57.0 Å². The van der Waals surface area contributed by atoms with Crippen LogP contribution in [0.25, 0.3) is 17.1 Å². The van der Waals surface area contributed by atoms with E-state index in [2.05, 4.69) is 10.3 Å². The fourth-order valence-corrected chi connectivity index (χ4v) is 5.55. The lowest BCUT2D eigenvalue weighted by atomic mass is 9.92. The number of imidazole rings is 1. The van der Waals surface area contributed by atoms with Gasteiger partial charge in [0.05, 0.1) is 48.3 Å². The molecule has 218 valence electrons. The minimum Gasteiger partial charge on any atom is -0.391 e. The van der Waals surface area contributed by atoms with Crippen LogP contribution >= 0.6 is 0 Å². The maximum Gasteiger partial charge on any atom is 0.390 e. The third-order valence-electron chi connectivity index (χ3n) is 6.59. The second kappa shape index (κ2) is 12.3. The van der Waals surface area contributed by atoms with Crippen LogP contribution in [-0.4, -0.2) is 58.2 Å². The summed E-state index contributed by atoms with van der Waals surface area (Å²) in [6, 6.07) is 13.1. The number of aromatic nitrogens is 2. The number of nitriles is 1. The first-order valence-corrected chi connectivity index (χ1v) is 14.3. The molecule has 3 N–H and O–H groups in total. The number of nitrogens with one attached hydrogen (secondary N) is 1. The van der Waals surface area contributed by atoms with Crippen molar-refractivity contribution in [2.24, 2.45) is 0 Å². The molecule has 0 spiro atoms. The van der Waals surface area contributed by atoms with E-state index in [0.29, 0.717) is 29.7 Å². The van der Waals surface area contributed by atoms with E-state index in [1.807, 2.05) is 6.07 Å².